The SMILES string of the molecule is COc1cccc(C(=O)O)c1-c1ccccc1F. The number of benzene rings is 2. The normalized spacial score (nSPS) is 10.1. The molecule has 4 heteroatoms. The number of carboxylic acids is 1. The summed E-state index contributed by atoms with van der Waals surface area (Å²) in [6.45, 7) is 0. The Morgan fingerprint density at radius 1 is 1.17 bits per heavy atom. The number of aromatic carboxylic acids is 1. The summed E-state index contributed by atoms with van der Waals surface area (Å²) in [6, 6.07) is 10.6. The molecule has 3 nitrogen and oxygen atoms in total. The third kappa shape index (κ3) is 2.05. The number of carbonyl (C=O) groups is 1. The molecule has 0 saturated heterocycles. The van der Waals surface area contributed by atoms with Crippen LogP contribution in [-0.4, -0.2) is 18.2 Å². The van der Waals surface area contributed by atoms with E-state index in [2.05, 4.69) is 0 Å². The molecule has 2 rings (SSSR count). The van der Waals surface area contributed by atoms with Crippen molar-refractivity contribution in [3.05, 3.63) is 53.8 Å². The molecular formula is C14H11FO3. The van der Waals surface area contributed by atoms with Gasteiger partial charge >= 0.3 is 5.97 Å². The Kier molecular flexibility index (Phi) is 3.28. The van der Waals surface area contributed by atoms with Crippen LogP contribution < -0.4 is 4.74 Å². The lowest BCUT2D eigenvalue weighted by Crippen LogP contribution is -2.02. The molecule has 0 unspecified atom stereocenters. The fraction of sp³-hybridized carbons (Fsp3) is 0.0714. The average Bonchev–Trinajstić information content (AvgIpc) is 2.38. The second-order valence-corrected chi connectivity index (χ2v) is 3.67. The van der Waals surface area contributed by atoms with E-state index >= 15 is 0 Å². The highest BCUT2D eigenvalue weighted by molar-refractivity contribution is 5.98. The zero-order chi connectivity index (χ0) is 13.1. The van der Waals surface area contributed by atoms with Crippen molar-refractivity contribution in [3.63, 3.8) is 0 Å². The van der Waals surface area contributed by atoms with E-state index in [1.807, 2.05) is 0 Å². The molecule has 0 amide bonds. The van der Waals surface area contributed by atoms with Crippen LogP contribution in [0, 0.1) is 5.82 Å². The molecule has 92 valence electrons. The summed E-state index contributed by atoms with van der Waals surface area (Å²) in [5.74, 6) is -1.27. The molecule has 0 aliphatic rings. The molecule has 0 aliphatic heterocycles. The molecule has 0 heterocycles. The molecule has 0 atom stereocenters. The molecule has 0 fully saturated rings. The maximum absolute atomic E-state index is 13.8. The van der Waals surface area contributed by atoms with E-state index in [1.54, 1.807) is 24.3 Å². The Hall–Kier alpha value is -2.36. The molecule has 0 saturated carbocycles. The molecule has 1 N–H and O–H groups in total. The second-order valence-electron chi connectivity index (χ2n) is 3.67. The summed E-state index contributed by atoms with van der Waals surface area (Å²) in [6.07, 6.45) is 0. The largest absolute Gasteiger partial charge is 0.496 e. The van der Waals surface area contributed by atoms with Gasteiger partial charge in [0.05, 0.1) is 12.7 Å². The molecule has 2 aromatic rings. The van der Waals surface area contributed by atoms with E-state index in [9.17, 15) is 9.18 Å². The lowest BCUT2D eigenvalue weighted by Gasteiger charge is -2.12. The summed E-state index contributed by atoms with van der Waals surface area (Å²) in [4.78, 5) is 11.2. The summed E-state index contributed by atoms with van der Waals surface area (Å²) in [5.41, 5.74) is 0.484. The summed E-state index contributed by atoms with van der Waals surface area (Å²) in [5, 5.41) is 9.16. The van der Waals surface area contributed by atoms with Gasteiger partial charge in [0.1, 0.15) is 11.6 Å². The highest BCUT2D eigenvalue weighted by Crippen LogP contribution is 2.34. The van der Waals surface area contributed by atoms with Gasteiger partial charge in [0, 0.05) is 11.1 Å². The van der Waals surface area contributed by atoms with Gasteiger partial charge in [0.15, 0.2) is 0 Å². The van der Waals surface area contributed by atoms with E-state index in [4.69, 9.17) is 9.84 Å². The van der Waals surface area contributed by atoms with Crippen molar-refractivity contribution in [2.45, 2.75) is 0 Å². The first-order valence-electron chi connectivity index (χ1n) is 5.30. The van der Waals surface area contributed by atoms with E-state index < -0.39 is 11.8 Å². The number of hydrogen-bond donors (Lipinski definition) is 1. The van der Waals surface area contributed by atoms with Crippen LogP contribution >= 0.6 is 0 Å². The van der Waals surface area contributed by atoms with E-state index in [0.717, 1.165) is 0 Å². The van der Waals surface area contributed by atoms with Crippen molar-refractivity contribution in [2.24, 2.45) is 0 Å². The first-order valence-corrected chi connectivity index (χ1v) is 5.30. The zero-order valence-electron chi connectivity index (χ0n) is 9.68. The van der Waals surface area contributed by atoms with Crippen molar-refractivity contribution in [3.8, 4) is 16.9 Å². The Morgan fingerprint density at radius 2 is 1.89 bits per heavy atom. The van der Waals surface area contributed by atoms with Crippen molar-refractivity contribution >= 4 is 5.97 Å². The topological polar surface area (TPSA) is 46.5 Å². The predicted octanol–water partition coefficient (Wildman–Crippen LogP) is 3.20. The molecule has 0 spiro atoms. The van der Waals surface area contributed by atoms with Gasteiger partial charge in [-0.05, 0) is 18.2 Å². The predicted molar refractivity (Wildman–Crippen MR) is 65.3 cm³/mol. The van der Waals surface area contributed by atoms with Gasteiger partial charge in [0.25, 0.3) is 0 Å². The molecule has 0 radical (unpaired) electrons. The summed E-state index contributed by atoms with van der Waals surface area (Å²) < 4.78 is 18.9. The fourth-order valence-electron chi connectivity index (χ4n) is 1.82. The van der Waals surface area contributed by atoms with Crippen molar-refractivity contribution in [1.82, 2.24) is 0 Å². The lowest BCUT2D eigenvalue weighted by molar-refractivity contribution is 0.0697. The Labute approximate surface area is 103 Å². The van der Waals surface area contributed by atoms with Gasteiger partial charge in [-0.3, -0.25) is 0 Å². The Bertz CT molecular complexity index is 593. The number of ether oxygens (including phenoxy) is 1. The minimum atomic E-state index is -1.12. The van der Waals surface area contributed by atoms with Gasteiger partial charge in [-0.2, -0.15) is 0 Å². The maximum atomic E-state index is 13.8. The highest BCUT2D eigenvalue weighted by atomic mass is 19.1. The molecule has 2 aromatic carbocycles. The standard InChI is InChI=1S/C14H11FO3/c1-18-12-8-4-6-10(14(16)17)13(12)9-5-2-3-7-11(9)15/h2-8H,1H3,(H,16,17). The molecule has 18 heavy (non-hydrogen) atoms. The number of rotatable bonds is 3. The summed E-state index contributed by atoms with van der Waals surface area (Å²) >= 11 is 0. The van der Waals surface area contributed by atoms with E-state index in [1.165, 1.54) is 25.3 Å². The van der Waals surface area contributed by atoms with Crippen molar-refractivity contribution in [2.75, 3.05) is 7.11 Å². The minimum Gasteiger partial charge on any atom is -0.496 e. The van der Waals surface area contributed by atoms with Crippen LogP contribution in [-0.2, 0) is 0 Å². The van der Waals surface area contributed by atoms with Gasteiger partial charge in [0.2, 0.25) is 0 Å². The highest BCUT2D eigenvalue weighted by Gasteiger charge is 2.18. The van der Waals surface area contributed by atoms with Crippen LogP contribution in [0.15, 0.2) is 42.5 Å². The monoisotopic (exact) mass is 246 g/mol. The third-order valence-electron chi connectivity index (χ3n) is 2.62. The van der Waals surface area contributed by atoms with Crippen LogP contribution in [0.2, 0.25) is 0 Å². The van der Waals surface area contributed by atoms with Gasteiger partial charge in [-0.1, -0.05) is 24.3 Å². The number of hydrogen-bond acceptors (Lipinski definition) is 2. The van der Waals surface area contributed by atoms with E-state index in [-0.39, 0.29) is 16.7 Å². The third-order valence-corrected chi connectivity index (χ3v) is 2.62. The molecule has 0 aliphatic carbocycles. The first-order chi connectivity index (χ1) is 8.65. The van der Waals surface area contributed by atoms with Gasteiger partial charge < -0.3 is 9.84 Å². The fourth-order valence-corrected chi connectivity index (χ4v) is 1.82. The van der Waals surface area contributed by atoms with Gasteiger partial charge in [-0.15, -0.1) is 0 Å². The number of methoxy groups -OCH3 is 1. The van der Waals surface area contributed by atoms with Crippen LogP contribution in [0.4, 0.5) is 4.39 Å². The Balaban J connectivity index is 2.76. The van der Waals surface area contributed by atoms with Gasteiger partial charge in [-0.25, -0.2) is 9.18 Å². The smallest absolute Gasteiger partial charge is 0.336 e. The number of halogens is 1. The van der Waals surface area contributed by atoms with E-state index in [0.29, 0.717) is 5.75 Å². The molecule has 0 aromatic heterocycles. The zero-order valence-corrected chi connectivity index (χ0v) is 9.68. The van der Waals surface area contributed by atoms with Crippen LogP contribution in [0.5, 0.6) is 5.75 Å². The lowest BCUT2D eigenvalue weighted by atomic mass is 9.98. The van der Waals surface area contributed by atoms with Crippen molar-refractivity contribution in [1.29, 1.82) is 0 Å². The first kappa shape index (κ1) is 12.1. The second kappa shape index (κ2) is 4.87. The van der Waals surface area contributed by atoms with Crippen LogP contribution in [0.3, 0.4) is 0 Å². The minimum absolute atomic E-state index is 0.0134. The van der Waals surface area contributed by atoms with Crippen molar-refractivity contribution < 1.29 is 19.0 Å². The Morgan fingerprint density at radius 3 is 2.50 bits per heavy atom. The molecular weight excluding hydrogens is 235 g/mol. The van der Waals surface area contributed by atoms with Crippen LogP contribution in [0.1, 0.15) is 10.4 Å². The van der Waals surface area contributed by atoms with Crippen LogP contribution in [0.25, 0.3) is 11.1 Å². The molecule has 0 bridgehead atoms. The maximum Gasteiger partial charge on any atom is 0.336 e. The summed E-state index contributed by atoms with van der Waals surface area (Å²) in [7, 11) is 1.42. The quantitative estimate of drug-likeness (QED) is 0.904. The average molecular weight is 246 g/mol. The number of carboxylic acid groups (broad SMARTS) is 1.